The molecule has 0 radical (unpaired) electrons. The van der Waals surface area contributed by atoms with Gasteiger partial charge in [-0.15, -0.1) is 0 Å². The molecule has 3 atom stereocenters. The summed E-state index contributed by atoms with van der Waals surface area (Å²) in [6.07, 6.45) is 0.267. The van der Waals surface area contributed by atoms with Crippen molar-refractivity contribution < 1.29 is 23.1 Å². The minimum atomic E-state index is -4.39. The summed E-state index contributed by atoms with van der Waals surface area (Å²) >= 11 is 0. The van der Waals surface area contributed by atoms with Gasteiger partial charge in [0.2, 0.25) is 0 Å². The van der Waals surface area contributed by atoms with Crippen molar-refractivity contribution in [2.75, 3.05) is 13.1 Å². The number of nitrogens with one attached hydrogen (secondary N) is 1. The Morgan fingerprint density at radius 2 is 1.90 bits per heavy atom. The molecule has 1 saturated carbocycles. The number of hydrogen-bond acceptors (Lipinski definition) is 2. The Morgan fingerprint density at radius 1 is 1.20 bits per heavy atom. The van der Waals surface area contributed by atoms with E-state index >= 15 is 0 Å². The maximum atomic E-state index is 12.1. The van der Waals surface area contributed by atoms with Crippen molar-refractivity contribution in [3.05, 3.63) is 0 Å². The van der Waals surface area contributed by atoms with Gasteiger partial charge < -0.3 is 15.3 Å². The van der Waals surface area contributed by atoms with Crippen LogP contribution in [0, 0.1) is 5.92 Å². The fourth-order valence-electron chi connectivity index (χ4n) is 3.36. The van der Waals surface area contributed by atoms with E-state index in [1.807, 2.05) is 5.32 Å². The Kier molecular flexibility index (Phi) is 4.78. The highest BCUT2D eigenvalue weighted by molar-refractivity contribution is 5.75. The van der Waals surface area contributed by atoms with Gasteiger partial charge in [0.05, 0.1) is 6.10 Å². The maximum Gasteiger partial charge on any atom is 0.405 e. The molecule has 2 aliphatic rings. The average Bonchev–Trinajstić information content (AvgIpc) is 2.84. The predicted molar refractivity (Wildman–Crippen MR) is 67.1 cm³/mol. The number of hydrogen-bond donors (Lipinski definition) is 2. The Bertz CT molecular complexity index is 349. The van der Waals surface area contributed by atoms with Crippen LogP contribution in [0.3, 0.4) is 0 Å². The number of rotatable bonds is 2. The Hall–Kier alpha value is -0.980. The van der Waals surface area contributed by atoms with Crippen molar-refractivity contribution in [1.29, 1.82) is 0 Å². The van der Waals surface area contributed by atoms with E-state index < -0.39 is 24.9 Å². The van der Waals surface area contributed by atoms with E-state index in [9.17, 15) is 23.1 Å². The summed E-state index contributed by atoms with van der Waals surface area (Å²) in [6.45, 7) is -0.833. The van der Waals surface area contributed by atoms with E-state index in [1.54, 1.807) is 0 Å². The van der Waals surface area contributed by atoms with Gasteiger partial charge >= 0.3 is 12.2 Å². The van der Waals surface area contributed by atoms with Crippen LogP contribution in [-0.2, 0) is 0 Å². The van der Waals surface area contributed by atoms with Gasteiger partial charge in [0.1, 0.15) is 6.54 Å². The second-order valence-corrected chi connectivity index (χ2v) is 5.69. The van der Waals surface area contributed by atoms with Crippen LogP contribution >= 0.6 is 0 Å². The average molecular weight is 294 g/mol. The van der Waals surface area contributed by atoms with Gasteiger partial charge in [0.15, 0.2) is 0 Å². The van der Waals surface area contributed by atoms with Crippen LogP contribution < -0.4 is 5.32 Å². The van der Waals surface area contributed by atoms with Crippen LogP contribution in [0.1, 0.15) is 38.5 Å². The minimum absolute atomic E-state index is 0.00267. The van der Waals surface area contributed by atoms with Crippen molar-refractivity contribution in [2.24, 2.45) is 5.92 Å². The zero-order chi connectivity index (χ0) is 14.8. The SMILES string of the molecule is O=C(NCC(F)(F)F)N1CCCC1C1CCCCC1O. The number of amides is 2. The van der Waals surface area contributed by atoms with Crippen molar-refractivity contribution in [2.45, 2.75) is 56.8 Å². The van der Waals surface area contributed by atoms with Crippen molar-refractivity contribution in [3.63, 3.8) is 0 Å². The first-order valence-corrected chi connectivity index (χ1v) is 7.18. The van der Waals surface area contributed by atoms with Gasteiger partial charge in [-0.05, 0) is 25.7 Å². The zero-order valence-corrected chi connectivity index (χ0v) is 11.3. The molecule has 1 aliphatic heterocycles. The molecule has 2 fully saturated rings. The third-order valence-corrected chi connectivity index (χ3v) is 4.28. The molecular formula is C13H21F3N2O2. The molecule has 4 nitrogen and oxygen atoms in total. The number of urea groups is 1. The number of carbonyl (C=O) groups is 1. The molecule has 1 saturated heterocycles. The van der Waals surface area contributed by atoms with E-state index in [2.05, 4.69) is 0 Å². The highest BCUT2D eigenvalue weighted by Crippen LogP contribution is 2.34. The lowest BCUT2D eigenvalue weighted by atomic mass is 9.80. The van der Waals surface area contributed by atoms with E-state index in [4.69, 9.17) is 0 Å². The normalized spacial score (nSPS) is 31.4. The van der Waals surface area contributed by atoms with Crippen molar-refractivity contribution in [3.8, 4) is 0 Å². The number of halogens is 3. The lowest BCUT2D eigenvalue weighted by Crippen LogP contribution is -2.50. The summed E-state index contributed by atoms with van der Waals surface area (Å²) in [5.74, 6) is 0.00267. The lowest BCUT2D eigenvalue weighted by Gasteiger charge is -2.37. The van der Waals surface area contributed by atoms with Gasteiger partial charge in [-0.25, -0.2) is 4.79 Å². The van der Waals surface area contributed by atoms with Crippen LogP contribution in [0.4, 0.5) is 18.0 Å². The molecule has 2 amide bonds. The molecule has 0 aromatic carbocycles. The number of aliphatic hydroxyl groups is 1. The molecule has 20 heavy (non-hydrogen) atoms. The van der Waals surface area contributed by atoms with Crippen LogP contribution in [0.25, 0.3) is 0 Å². The standard InChI is InChI=1S/C13H21F3N2O2/c14-13(15,16)8-17-12(20)18-7-3-5-10(18)9-4-1-2-6-11(9)19/h9-11,19H,1-8H2,(H,17,20). The first-order chi connectivity index (χ1) is 9.38. The number of carbonyl (C=O) groups excluding carboxylic acids is 1. The topological polar surface area (TPSA) is 52.6 Å². The van der Waals surface area contributed by atoms with E-state index in [0.29, 0.717) is 6.54 Å². The molecule has 7 heteroatoms. The molecular weight excluding hydrogens is 273 g/mol. The number of aliphatic hydroxyl groups excluding tert-OH is 1. The summed E-state index contributed by atoms with van der Waals surface area (Å²) in [5.41, 5.74) is 0. The summed E-state index contributed by atoms with van der Waals surface area (Å²) in [4.78, 5) is 13.4. The van der Waals surface area contributed by atoms with Crippen LogP contribution in [0.5, 0.6) is 0 Å². The van der Waals surface area contributed by atoms with E-state index in [0.717, 1.165) is 38.5 Å². The smallest absolute Gasteiger partial charge is 0.393 e. The first-order valence-electron chi connectivity index (χ1n) is 7.18. The lowest BCUT2D eigenvalue weighted by molar-refractivity contribution is -0.123. The third-order valence-electron chi connectivity index (χ3n) is 4.28. The molecule has 116 valence electrons. The minimum Gasteiger partial charge on any atom is -0.393 e. The molecule has 3 unspecified atom stereocenters. The molecule has 0 bridgehead atoms. The molecule has 2 rings (SSSR count). The summed E-state index contributed by atoms with van der Waals surface area (Å²) in [5, 5.41) is 12.0. The van der Waals surface area contributed by atoms with Crippen molar-refractivity contribution >= 4 is 6.03 Å². The zero-order valence-electron chi connectivity index (χ0n) is 11.3. The fourth-order valence-corrected chi connectivity index (χ4v) is 3.36. The Labute approximate surface area is 116 Å². The summed E-state index contributed by atoms with van der Waals surface area (Å²) < 4.78 is 36.4. The second kappa shape index (κ2) is 6.20. The summed E-state index contributed by atoms with van der Waals surface area (Å²) in [7, 11) is 0. The predicted octanol–water partition coefficient (Wildman–Crippen LogP) is 2.27. The van der Waals surface area contributed by atoms with Crippen molar-refractivity contribution in [1.82, 2.24) is 10.2 Å². The molecule has 2 N–H and O–H groups in total. The van der Waals surface area contributed by atoms with Gasteiger partial charge in [-0.3, -0.25) is 0 Å². The second-order valence-electron chi connectivity index (χ2n) is 5.69. The van der Waals surface area contributed by atoms with E-state index in [-0.39, 0.29) is 12.0 Å². The molecule has 0 aromatic rings. The van der Waals surface area contributed by atoms with Crippen LogP contribution in [-0.4, -0.2) is 47.4 Å². The molecule has 1 aliphatic carbocycles. The van der Waals surface area contributed by atoms with E-state index in [1.165, 1.54) is 4.90 Å². The van der Waals surface area contributed by atoms with Gasteiger partial charge in [0.25, 0.3) is 0 Å². The highest BCUT2D eigenvalue weighted by Gasteiger charge is 2.39. The Morgan fingerprint density at radius 3 is 2.55 bits per heavy atom. The van der Waals surface area contributed by atoms with Gasteiger partial charge in [0, 0.05) is 18.5 Å². The molecule has 0 spiro atoms. The molecule has 1 heterocycles. The summed E-state index contributed by atoms with van der Waals surface area (Å²) in [6, 6.07) is -0.791. The third kappa shape index (κ3) is 3.77. The van der Waals surface area contributed by atoms with Crippen LogP contribution in [0.15, 0.2) is 0 Å². The monoisotopic (exact) mass is 294 g/mol. The van der Waals surface area contributed by atoms with Gasteiger partial charge in [-0.1, -0.05) is 12.8 Å². The first kappa shape index (κ1) is 15.4. The Balaban J connectivity index is 1.94. The molecule has 0 aromatic heterocycles. The number of likely N-dealkylation sites (tertiary alicyclic amines) is 1. The maximum absolute atomic E-state index is 12.1. The largest absolute Gasteiger partial charge is 0.405 e. The van der Waals surface area contributed by atoms with Crippen LogP contribution in [0.2, 0.25) is 0 Å². The fraction of sp³-hybridized carbons (Fsp3) is 0.923. The van der Waals surface area contributed by atoms with Gasteiger partial charge in [-0.2, -0.15) is 13.2 Å². The quantitative estimate of drug-likeness (QED) is 0.821. The highest BCUT2D eigenvalue weighted by atomic mass is 19.4. The number of nitrogens with zero attached hydrogens (tertiary/aromatic N) is 1. The number of alkyl halides is 3.